The highest BCUT2D eigenvalue weighted by molar-refractivity contribution is 7.09. The molecule has 0 spiro atoms. The van der Waals surface area contributed by atoms with Crippen molar-refractivity contribution in [3.8, 4) is 0 Å². The molecule has 134 valence electrons. The predicted octanol–water partition coefficient (Wildman–Crippen LogP) is 3.58. The van der Waals surface area contributed by atoms with Crippen molar-refractivity contribution in [1.29, 1.82) is 0 Å². The van der Waals surface area contributed by atoms with Gasteiger partial charge in [0, 0.05) is 24.2 Å². The third kappa shape index (κ3) is 6.32. The number of nitrogens with zero attached hydrogens (tertiary/aromatic N) is 2. The molecule has 0 aliphatic carbocycles. The molecule has 1 heterocycles. The van der Waals surface area contributed by atoms with Gasteiger partial charge in [-0.15, -0.1) is 11.3 Å². The van der Waals surface area contributed by atoms with E-state index in [1.54, 1.807) is 36.6 Å². The highest BCUT2D eigenvalue weighted by atomic mass is 35.5. The predicted molar refractivity (Wildman–Crippen MR) is 103 cm³/mol. The topological polar surface area (TPSA) is 52.7 Å². The number of anilines is 1. The van der Waals surface area contributed by atoms with E-state index in [2.05, 4.69) is 5.32 Å². The highest BCUT2D eigenvalue weighted by Gasteiger charge is 2.15. The molecule has 0 saturated carbocycles. The van der Waals surface area contributed by atoms with Crippen molar-refractivity contribution in [2.24, 2.45) is 0 Å². The summed E-state index contributed by atoms with van der Waals surface area (Å²) in [5, 5.41) is 5.48. The van der Waals surface area contributed by atoms with Crippen LogP contribution in [-0.2, 0) is 16.1 Å². The van der Waals surface area contributed by atoms with E-state index >= 15 is 0 Å². The molecular weight excluding hydrogens is 381 g/mol. The lowest BCUT2D eigenvalue weighted by Crippen LogP contribution is -2.40. The minimum atomic E-state index is -0.296. The first-order valence-electron chi connectivity index (χ1n) is 7.55. The zero-order chi connectivity index (χ0) is 18.4. The number of rotatable bonds is 7. The van der Waals surface area contributed by atoms with Gasteiger partial charge < -0.3 is 10.2 Å². The molecule has 0 atom stereocenters. The Hall–Kier alpha value is -1.60. The Morgan fingerprint density at radius 1 is 1.12 bits per heavy atom. The lowest BCUT2D eigenvalue weighted by Gasteiger charge is -2.21. The van der Waals surface area contributed by atoms with Crippen LogP contribution < -0.4 is 5.32 Å². The largest absolute Gasteiger partial charge is 0.335 e. The number of halogens is 2. The van der Waals surface area contributed by atoms with Crippen LogP contribution in [0.2, 0.25) is 10.0 Å². The van der Waals surface area contributed by atoms with Gasteiger partial charge in [-0.05, 0) is 36.7 Å². The third-order valence-electron chi connectivity index (χ3n) is 3.42. The number of benzene rings is 1. The highest BCUT2D eigenvalue weighted by Crippen LogP contribution is 2.24. The molecule has 0 saturated heterocycles. The molecular formula is C17H19Cl2N3O2S. The zero-order valence-electron chi connectivity index (χ0n) is 14.0. The summed E-state index contributed by atoms with van der Waals surface area (Å²) in [6, 6.07) is 8.84. The molecule has 0 aliphatic heterocycles. The molecule has 0 aliphatic rings. The van der Waals surface area contributed by atoms with Crippen molar-refractivity contribution in [1.82, 2.24) is 9.80 Å². The first-order valence-corrected chi connectivity index (χ1v) is 9.18. The number of nitrogens with one attached hydrogen (secondary N) is 1. The van der Waals surface area contributed by atoms with Crippen LogP contribution in [0.4, 0.5) is 5.69 Å². The number of carbonyl (C=O) groups excluding carboxylic acids is 2. The number of likely N-dealkylation sites (N-methyl/N-ethyl adjacent to an activating group) is 2. The summed E-state index contributed by atoms with van der Waals surface area (Å²) in [6.45, 7) is 0.910. The van der Waals surface area contributed by atoms with E-state index in [0.717, 1.165) is 0 Å². The molecule has 1 aromatic carbocycles. The summed E-state index contributed by atoms with van der Waals surface area (Å²) < 4.78 is 0. The fourth-order valence-electron chi connectivity index (χ4n) is 2.15. The Morgan fingerprint density at radius 3 is 2.52 bits per heavy atom. The number of hydrogen-bond acceptors (Lipinski definition) is 4. The second kappa shape index (κ2) is 9.20. The van der Waals surface area contributed by atoms with E-state index in [9.17, 15) is 9.59 Å². The molecule has 0 fully saturated rings. The first-order chi connectivity index (χ1) is 11.8. The molecule has 2 rings (SSSR count). The van der Waals surface area contributed by atoms with Crippen LogP contribution in [0.5, 0.6) is 0 Å². The fraction of sp³-hybridized carbons (Fsp3) is 0.294. The van der Waals surface area contributed by atoms with Crippen LogP contribution in [0.3, 0.4) is 0 Å². The SMILES string of the molecule is CN(CC(=O)N(C)CC(=O)Nc1ccc(Cl)c(Cl)c1)Cc1cccs1. The zero-order valence-corrected chi connectivity index (χ0v) is 16.3. The van der Waals surface area contributed by atoms with Gasteiger partial charge in [-0.2, -0.15) is 0 Å². The first kappa shape index (κ1) is 19.7. The van der Waals surface area contributed by atoms with Crippen molar-refractivity contribution >= 4 is 52.0 Å². The van der Waals surface area contributed by atoms with Gasteiger partial charge in [-0.1, -0.05) is 29.3 Å². The summed E-state index contributed by atoms with van der Waals surface area (Å²) in [5.74, 6) is -0.418. The van der Waals surface area contributed by atoms with E-state index in [-0.39, 0.29) is 24.9 Å². The average molecular weight is 400 g/mol. The normalized spacial score (nSPS) is 10.8. The Bertz CT molecular complexity index is 737. The molecule has 8 heteroatoms. The van der Waals surface area contributed by atoms with E-state index in [1.165, 1.54) is 9.78 Å². The van der Waals surface area contributed by atoms with Gasteiger partial charge in [-0.3, -0.25) is 14.5 Å². The van der Waals surface area contributed by atoms with E-state index in [1.807, 2.05) is 29.5 Å². The quantitative estimate of drug-likeness (QED) is 0.773. The Kier molecular flexibility index (Phi) is 7.25. The Morgan fingerprint density at radius 2 is 1.88 bits per heavy atom. The summed E-state index contributed by atoms with van der Waals surface area (Å²) in [6.07, 6.45) is 0. The average Bonchev–Trinajstić information content (AvgIpc) is 3.03. The maximum absolute atomic E-state index is 12.2. The second-order valence-electron chi connectivity index (χ2n) is 5.68. The van der Waals surface area contributed by atoms with Crippen molar-refractivity contribution in [3.05, 3.63) is 50.6 Å². The van der Waals surface area contributed by atoms with Crippen molar-refractivity contribution < 1.29 is 9.59 Å². The molecule has 0 bridgehead atoms. The Labute approximate surface area is 161 Å². The second-order valence-corrected chi connectivity index (χ2v) is 7.53. The lowest BCUT2D eigenvalue weighted by atomic mass is 10.3. The minimum Gasteiger partial charge on any atom is -0.335 e. The van der Waals surface area contributed by atoms with Gasteiger partial charge in [0.05, 0.1) is 23.1 Å². The summed E-state index contributed by atoms with van der Waals surface area (Å²) >= 11 is 13.4. The summed E-state index contributed by atoms with van der Waals surface area (Å²) in [5.41, 5.74) is 0.537. The number of thiophene rings is 1. The van der Waals surface area contributed by atoms with Crippen LogP contribution in [0.1, 0.15) is 4.88 Å². The number of amides is 2. The van der Waals surface area contributed by atoms with E-state index in [0.29, 0.717) is 22.3 Å². The van der Waals surface area contributed by atoms with Gasteiger partial charge in [0.2, 0.25) is 11.8 Å². The molecule has 2 amide bonds. The minimum absolute atomic E-state index is 0.0358. The molecule has 5 nitrogen and oxygen atoms in total. The monoisotopic (exact) mass is 399 g/mol. The lowest BCUT2D eigenvalue weighted by molar-refractivity contribution is -0.134. The molecule has 1 N–H and O–H groups in total. The van der Waals surface area contributed by atoms with Crippen LogP contribution in [0.25, 0.3) is 0 Å². The maximum Gasteiger partial charge on any atom is 0.243 e. The number of carbonyl (C=O) groups is 2. The van der Waals surface area contributed by atoms with Crippen LogP contribution >= 0.6 is 34.5 Å². The number of hydrogen-bond donors (Lipinski definition) is 1. The molecule has 0 radical (unpaired) electrons. The van der Waals surface area contributed by atoms with E-state index in [4.69, 9.17) is 23.2 Å². The van der Waals surface area contributed by atoms with Crippen molar-refractivity contribution in [2.75, 3.05) is 32.5 Å². The molecule has 25 heavy (non-hydrogen) atoms. The molecule has 2 aromatic rings. The fourth-order valence-corrected chi connectivity index (χ4v) is 3.24. The van der Waals surface area contributed by atoms with Crippen molar-refractivity contribution in [3.63, 3.8) is 0 Å². The van der Waals surface area contributed by atoms with Crippen LogP contribution in [0.15, 0.2) is 35.7 Å². The van der Waals surface area contributed by atoms with Gasteiger partial charge in [-0.25, -0.2) is 0 Å². The van der Waals surface area contributed by atoms with Crippen LogP contribution in [-0.4, -0.2) is 48.8 Å². The molecule has 0 unspecified atom stereocenters. The van der Waals surface area contributed by atoms with Gasteiger partial charge in [0.25, 0.3) is 0 Å². The van der Waals surface area contributed by atoms with E-state index < -0.39 is 0 Å². The summed E-state index contributed by atoms with van der Waals surface area (Å²) in [4.78, 5) is 28.8. The van der Waals surface area contributed by atoms with Gasteiger partial charge in [0.15, 0.2) is 0 Å². The van der Waals surface area contributed by atoms with Crippen LogP contribution in [0, 0.1) is 0 Å². The standard InChI is InChI=1S/C17H19Cl2N3O2S/c1-21(9-13-4-3-7-25-13)11-17(24)22(2)10-16(23)20-12-5-6-14(18)15(19)8-12/h3-8H,9-11H2,1-2H3,(H,20,23). The maximum atomic E-state index is 12.2. The smallest absolute Gasteiger partial charge is 0.243 e. The van der Waals surface area contributed by atoms with Gasteiger partial charge in [0.1, 0.15) is 0 Å². The molecule has 1 aromatic heterocycles. The Balaban J connectivity index is 1.81. The van der Waals surface area contributed by atoms with Crippen molar-refractivity contribution in [2.45, 2.75) is 6.54 Å². The van der Waals surface area contributed by atoms with Gasteiger partial charge >= 0.3 is 0 Å². The summed E-state index contributed by atoms with van der Waals surface area (Å²) in [7, 11) is 3.48. The third-order valence-corrected chi connectivity index (χ3v) is 5.02.